The fourth-order valence-electron chi connectivity index (χ4n) is 2.69. The first-order chi connectivity index (χ1) is 10.2. The van der Waals surface area contributed by atoms with Crippen molar-refractivity contribution in [3.05, 3.63) is 54.0 Å². The zero-order valence-electron chi connectivity index (χ0n) is 12.7. The summed E-state index contributed by atoms with van der Waals surface area (Å²) in [6, 6.07) is 10.9. The van der Waals surface area contributed by atoms with Crippen LogP contribution in [-0.2, 0) is 13.1 Å². The number of rotatable bonds is 5. The molecule has 0 fully saturated rings. The Labute approximate surface area is 125 Å². The fraction of sp³-hybridized carbons (Fsp3) is 0.353. The summed E-state index contributed by atoms with van der Waals surface area (Å²) >= 11 is 0. The van der Waals surface area contributed by atoms with Crippen LogP contribution in [-0.4, -0.2) is 14.3 Å². The summed E-state index contributed by atoms with van der Waals surface area (Å²) < 4.78 is 4.28. The van der Waals surface area contributed by atoms with Gasteiger partial charge in [-0.05, 0) is 31.0 Å². The van der Waals surface area contributed by atoms with Gasteiger partial charge in [-0.25, -0.2) is 0 Å². The normalized spacial score (nSPS) is 12.9. The van der Waals surface area contributed by atoms with Crippen LogP contribution in [0.2, 0.25) is 0 Å². The highest BCUT2D eigenvalue weighted by atomic mass is 15.3. The second-order valence-electron chi connectivity index (χ2n) is 5.55. The van der Waals surface area contributed by atoms with E-state index in [2.05, 4.69) is 66.2 Å². The molecule has 0 bridgehead atoms. The molecule has 110 valence electrons. The number of fused-ring (bicyclic) bond motifs is 1. The lowest BCUT2D eigenvalue weighted by atomic mass is 10.2. The third kappa shape index (κ3) is 2.59. The number of hydrogen-bond acceptors (Lipinski definition) is 2. The van der Waals surface area contributed by atoms with Crippen molar-refractivity contribution in [3.63, 3.8) is 0 Å². The second kappa shape index (κ2) is 5.74. The van der Waals surface area contributed by atoms with Crippen molar-refractivity contribution < 1.29 is 0 Å². The molecule has 2 aromatic heterocycles. The predicted molar refractivity (Wildman–Crippen MR) is 86.2 cm³/mol. The van der Waals surface area contributed by atoms with E-state index < -0.39 is 0 Å². The van der Waals surface area contributed by atoms with Crippen molar-refractivity contribution in [1.82, 2.24) is 14.3 Å². The van der Waals surface area contributed by atoms with Gasteiger partial charge < -0.3 is 10.3 Å². The van der Waals surface area contributed by atoms with E-state index in [0.29, 0.717) is 12.6 Å². The molecule has 1 aromatic carbocycles. The lowest BCUT2D eigenvalue weighted by molar-refractivity contribution is 0.472. The molecule has 1 unspecified atom stereocenters. The molecule has 3 rings (SSSR count). The molecule has 3 aromatic rings. The van der Waals surface area contributed by atoms with Crippen LogP contribution in [0.25, 0.3) is 10.9 Å². The lowest BCUT2D eigenvalue weighted by Crippen LogP contribution is -2.06. The van der Waals surface area contributed by atoms with Gasteiger partial charge in [0, 0.05) is 35.9 Å². The van der Waals surface area contributed by atoms with Crippen LogP contribution in [0, 0.1) is 0 Å². The highest BCUT2D eigenvalue weighted by Gasteiger charge is 2.09. The lowest BCUT2D eigenvalue weighted by Gasteiger charge is -2.08. The van der Waals surface area contributed by atoms with Crippen molar-refractivity contribution in [3.8, 4) is 0 Å². The Kier molecular flexibility index (Phi) is 3.80. The number of benzene rings is 1. The van der Waals surface area contributed by atoms with Gasteiger partial charge in [-0.1, -0.05) is 25.1 Å². The van der Waals surface area contributed by atoms with Gasteiger partial charge in [-0.3, -0.25) is 4.68 Å². The van der Waals surface area contributed by atoms with Crippen LogP contribution in [0.3, 0.4) is 0 Å². The van der Waals surface area contributed by atoms with Crippen LogP contribution in [0.1, 0.15) is 37.6 Å². The molecule has 0 spiro atoms. The minimum absolute atomic E-state index is 0.444. The van der Waals surface area contributed by atoms with Crippen LogP contribution in [0.5, 0.6) is 0 Å². The Balaban J connectivity index is 1.93. The molecule has 0 radical (unpaired) electrons. The maximum absolute atomic E-state index is 5.85. The van der Waals surface area contributed by atoms with Gasteiger partial charge in [0.2, 0.25) is 0 Å². The van der Waals surface area contributed by atoms with Crippen molar-refractivity contribution in [1.29, 1.82) is 0 Å². The molecule has 0 aliphatic rings. The molecule has 2 N–H and O–H groups in total. The van der Waals surface area contributed by atoms with Gasteiger partial charge in [0.15, 0.2) is 0 Å². The van der Waals surface area contributed by atoms with Crippen LogP contribution in [0.15, 0.2) is 42.7 Å². The first kappa shape index (κ1) is 13.9. The maximum atomic E-state index is 5.85. The molecular weight excluding hydrogens is 260 g/mol. The van der Waals surface area contributed by atoms with Crippen LogP contribution >= 0.6 is 0 Å². The van der Waals surface area contributed by atoms with Crippen molar-refractivity contribution in [2.75, 3.05) is 0 Å². The first-order valence-corrected chi connectivity index (χ1v) is 7.53. The summed E-state index contributed by atoms with van der Waals surface area (Å²) in [6.07, 6.45) is 5.30. The SMILES string of the molecule is CCC(C)n1ccc(Cn2cc(CN)c3ccccc32)n1. The summed E-state index contributed by atoms with van der Waals surface area (Å²) in [5.41, 5.74) is 9.34. The van der Waals surface area contributed by atoms with E-state index in [1.54, 1.807) is 0 Å². The van der Waals surface area contributed by atoms with E-state index in [1.807, 2.05) is 4.68 Å². The molecule has 21 heavy (non-hydrogen) atoms. The van der Waals surface area contributed by atoms with Gasteiger partial charge in [0.1, 0.15) is 0 Å². The highest BCUT2D eigenvalue weighted by Crippen LogP contribution is 2.22. The summed E-state index contributed by atoms with van der Waals surface area (Å²) in [7, 11) is 0. The van der Waals surface area contributed by atoms with E-state index in [0.717, 1.165) is 18.7 Å². The smallest absolute Gasteiger partial charge is 0.0821 e. The van der Waals surface area contributed by atoms with Crippen molar-refractivity contribution >= 4 is 10.9 Å². The van der Waals surface area contributed by atoms with Crippen molar-refractivity contribution in [2.24, 2.45) is 5.73 Å². The molecule has 1 atom stereocenters. The van der Waals surface area contributed by atoms with Gasteiger partial charge in [-0.15, -0.1) is 0 Å². The quantitative estimate of drug-likeness (QED) is 0.780. The minimum atomic E-state index is 0.444. The molecule has 4 nitrogen and oxygen atoms in total. The molecular formula is C17H22N4. The molecule has 0 saturated heterocycles. The Bertz CT molecular complexity index is 738. The molecule has 0 aliphatic carbocycles. The van der Waals surface area contributed by atoms with E-state index in [4.69, 9.17) is 5.73 Å². The Hall–Kier alpha value is -2.07. The molecule has 0 amide bonds. The first-order valence-electron chi connectivity index (χ1n) is 7.53. The highest BCUT2D eigenvalue weighted by molar-refractivity contribution is 5.84. The summed E-state index contributed by atoms with van der Waals surface area (Å²) in [4.78, 5) is 0. The summed E-state index contributed by atoms with van der Waals surface area (Å²) in [5.74, 6) is 0. The number of para-hydroxylation sites is 1. The third-order valence-corrected chi connectivity index (χ3v) is 4.13. The van der Waals surface area contributed by atoms with E-state index in [9.17, 15) is 0 Å². The maximum Gasteiger partial charge on any atom is 0.0821 e. The van der Waals surface area contributed by atoms with Gasteiger partial charge >= 0.3 is 0 Å². The predicted octanol–water partition coefficient (Wildman–Crippen LogP) is 3.32. The van der Waals surface area contributed by atoms with Crippen molar-refractivity contribution in [2.45, 2.75) is 39.4 Å². The van der Waals surface area contributed by atoms with Gasteiger partial charge in [-0.2, -0.15) is 5.10 Å². The number of nitrogens with two attached hydrogens (primary N) is 1. The summed E-state index contributed by atoms with van der Waals surface area (Å²) in [5, 5.41) is 5.92. The number of hydrogen-bond donors (Lipinski definition) is 1. The molecule has 0 aliphatic heterocycles. The Morgan fingerprint density at radius 1 is 1.24 bits per heavy atom. The monoisotopic (exact) mass is 282 g/mol. The van der Waals surface area contributed by atoms with E-state index in [-0.39, 0.29) is 0 Å². The largest absolute Gasteiger partial charge is 0.341 e. The topological polar surface area (TPSA) is 48.8 Å². The zero-order valence-corrected chi connectivity index (χ0v) is 12.7. The fourth-order valence-corrected chi connectivity index (χ4v) is 2.69. The Morgan fingerprint density at radius 2 is 2.05 bits per heavy atom. The third-order valence-electron chi connectivity index (χ3n) is 4.13. The standard InChI is InChI=1S/C17H22N4/c1-3-13(2)21-9-8-15(19-21)12-20-11-14(10-18)16-6-4-5-7-17(16)20/h4-9,11,13H,3,10,12,18H2,1-2H3. The Morgan fingerprint density at radius 3 is 2.81 bits per heavy atom. The average Bonchev–Trinajstić information content (AvgIpc) is 3.12. The second-order valence-corrected chi connectivity index (χ2v) is 5.55. The molecule has 2 heterocycles. The average molecular weight is 282 g/mol. The van der Waals surface area contributed by atoms with E-state index >= 15 is 0 Å². The van der Waals surface area contributed by atoms with Gasteiger partial charge in [0.25, 0.3) is 0 Å². The van der Waals surface area contributed by atoms with E-state index in [1.165, 1.54) is 16.5 Å². The van der Waals surface area contributed by atoms with Gasteiger partial charge in [0.05, 0.1) is 12.2 Å². The molecule has 0 saturated carbocycles. The summed E-state index contributed by atoms with van der Waals surface area (Å²) in [6.45, 7) is 5.71. The minimum Gasteiger partial charge on any atom is -0.341 e. The zero-order chi connectivity index (χ0) is 14.8. The van der Waals surface area contributed by atoms with Crippen LogP contribution < -0.4 is 5.73 Å². The number of aromatic nitrogens is 3. The van der Waals surface area contributed by atoms with Crippen LogP contribution in [0.4, 0.5) is 0 Å². The number of nitrogens with zero attached hydrogens (tertiary/aromatic N) is 3. The molecule has 4 heteroatoms.